The monoisotopic (exact) mass is 782 g/mol. The molecule has 8 heteroatoms. The van der Waals surface area contributed by atoms with E-state index >= 15 is 0 Å². The molecule has 2 unspecified atom stereocenters. The minimum absolute atomic E-state index is 0.0189. The quantitative estimate of drug-likeness (QED) is 0.0268. The molecule has 0 heterocycles. The van der Waals surface area contributed by atoms with Crippen LogP contribution < -0.4 is 5.11 Å². The number of quaternary nitrogens is 1. The van der Waals surface area contributed by atoms with Crippen molar-refractivity contribution in [3.63, 3.8) is 0 Å². The van der Waals surface area contributed by atoms with E-state index in [0.717, 1.165) is 70.6 Å². The SMILES string of the molecule is CC/C=C/C/C=C/C/C=C/C/C=C/C/C=C/C/C=C/C/C=C/CCCC(=O)OCC(COCCC(C(=O)[O-])[N+](C)(C)C)OC(=O)CCCCCCCCCCC. The van der Waals surface area contributed by atoms with Crippen LogP contribution in [0.25, 0.3) is 0 Å². The van der Waals surface area contributed by atoms with Crippen LogP contribution in [0.1, 0.15) is 149 Å². The van der Waals surface area contributed by atoms with Crippen LogP contribution in [-0.2, 0) is 28.6 Å². The molecule has 318 valence electrons. The number of allylic oxidation sites excluding steroid dienone is 14. The zero-order chi connectivity index (χ0) is 41.4. The lowest BCUT2D eigenvalue weighted by Gasteiger charge is -2.34. The molecule has 0 fully saturated rings. The third-order valence-electron chi connectivity index (χ3n) is 9.05. The van der Waals surface area contributed by atoms with Crippen LogP contribution >= 0.6 is 0 Å². The second kappa shape index (κ2) is 38.4. The van der Waals surface area contributed by atoms with Crippen LogP contribution in [0.5, 0.6) is 0 Å². The van der Waals surface area contributed by atoms with Gasteiger partial charge >= 0.3 is 11.9 Å². The summed E-state index contributed by atoms with van der Waals surface area (Å²) in [5.41, 5.74) is 0. The van der Waals surface area contributed by atoms with E-state index in [4.69, 9.17) is 14.2 Å². The molecule has 2 atom stereocenters. The maximum Gasteiger partial charge on any atom is 0.306 e. The summed E-state index contributed by atoms with van der Waals surface area (Å²) in [5.74, 6) is -1.83. The topological polar surface area (TPSA) is 102 Å². The molecule has 0 bridgehead atoms. The fraction of sp³-hybridized carbons (Fsp3) is 0.646. The van der Waals surface area contributed by atoms with Gasteiger partial charge in [0.05, 0.1) is 40.3 Å². The standard InChI is InChI=1S/C48H79NO7/c1-6-8-10-12-14-16-17-18-19-20-21-22-23-24-25-26-27-28-29-31-32-34-36-38-46(50)55-43-44(42-54-41-40-45(48(52)53)49(3,4)5)56-47(51)39-37-35-33-30-15-13-11-9-7-2/h8,10,14,16,18-19,21-22,24-25,27-28,31-32,44-45H,6-7,9,11-13,15,17,20,23,26,29-30,33-43H2,1-5H3/b10-8+,16-14+,19-18+,22-21+,25-24+,28-27+,32-31+. The smallest absolute Gasteiger partial charge is 0.306 e. The van der Waals surface area contributed by atoms with E-state index in [9.17, 15) is 19.5 Å². The van der Waals surface area contributed by atoms with Crippen LogP contribution in [0.3, 0.4) is 0 Å². The second-order valence-electron chi connectivity index (χ2n) is 15.2. The number of carboxylic acids is 1. The summed E-state index contributed by atoms with van der Waals surface area (Å²) in [5, 5.41) is 11.6. The van der Waals surface area contributed by atoms with E-state index in [1.165, 1.54) is 38.5 Å². The normalized spacial score (nSPS) is 13.8. The molecule has 0 spiro atoms. The summed E-state index contributed by atoms with van der Waals surface area (Å²) in [4.78, 5) is 36.7. The maximum absolute atomic E-state index is 12.6. The molecule has 8 nitrogen and oxygen atoms in total. The predicted molar refractivity (Wildman–Crippen MR) is 231 cm³/mol. The molecule has 0 aromatic heterocycles. The highest BCUT2D eigenvalue weighted by Gasteiger charge is 2.25. The second-order valence-corrected chi connectivity index (χ2v) is 15.2. The minimum atomic E-state index is -1.14. The van der Waals surface area contributed by atoms with Crippen molar-refractivity contribution < 1.29 is 38.2 Å². The van der Waals surface area contributed by atoms with E-state index in [1.54, 1.807) is 21.1 Å². The van der Waals surface area contributed by atoms with Crippen molar-refractivity contribution >= 4 is 17.9 Å². The molecule has 0 rings (SSSR count). The molecule has 0 amide bonds. The van der Waals surface area contributed by atoms with Crippen molar-refractivity contribution in [1.29, 1.82) is 0 Å². The fourth-order valence-electron chi connectivity index (χ4n) is 5.71. The number of ether oxygens (including phenoxy) is 3. The third-order valence-corrected chi connectivity index (χ3v) is 9.05. The molecule has 0 radical (unpaired) electrons. The molecule has 56 heavy (non-hydrogen) atoms. The van der Waals surface area contributed by atoms with Crippen LogP contribution in [0.4, 0.5) is 0 Å². The van der Waals surface area contributed by atoms with Crippen LogP contribution in [0.15, 0.2) is 85.1 Å². The Balaban J connectivity index is 4.39. The molecule has 0 aliphatic heterocycles. The molecule has 0 aliphatic carbocycles. The lowest BCUT2D eigenvalue weighted by atomic mass is 10.1. The summed E-state index contributed by atoms with van der Waals surface area (Å²) in [6.45, 7) is 4.44. The highest BCUT2D eigenvalue weighted by molar-refractivity contribution is 5.70. The van der Waals surface area contributed by atoms with Gasteiger partial charge in [0.15, 0.2) is 6.10 Å². The zero-order valence-electron chi connectivity index (χ0n) is 36.0. The molecule has 0 N–H and O–H groups in total. The summed E-state index contributed by atoms with van der Waals surface area (Å²) in [7, 11) is 5.37. The molecular weight excluding hydrogens is 703 g/mol. The number of carbonyl (C=O) groups excluding carboxylic acids is 3. The Kier molecular flexibility index (Phi) is 36.0. The zero-order valence-corrected chi connectivity index (χ0v) is 36.0. The van der Waals surface area contributed by atoms with Crippen molar-refractivity contribution in [2.24, 2.45) is 0 Å². The number of hydrogen-bond donors (Lipinski definition) is 0. The number of aliphatic carboxylic acids is 1. The molecule has 0 aromatic rings. The van der Waals surface area contributed by atoms with Gasteiger partial charge in [-0.15, -0.1) is 0 Å². The summed E-state index contributed by atoms with van der Waals surface area (Å²) in [6.07, 6.45) is 49.1. The van der Waals surface area contributed by atoms with E-state index in [1.807, 2.05) is 0 Å². The van der Waals surface area contributed by atoms with Gasteiger partial charge in [-0.3, -0.25) is 9.59 Å². The van der Waals surface area contributed by atoms with Crippen molar-refractivity contribution in [3.05, 3.63) is 85.1 Å². The van der Waals surface area contributed by atoms with Gasteiger partial charge in [-0.2, -0.15) is 0 Å². The largest absolute Gasteiger partial charge is 0.544 e. The Hall–Kier alpha value is -3.49. The first-order valence-electron chi connectivity index (χ1n) is 21.6. The summed E-state index contributed by atoms with van der Waals surface area (Å²) >= 11 is 0. The fourth-order valence-corrected chi connectivity index (χ4v) is 5.71. The predicted octanol–water partition coefficient (Wildman–Crippen LogP) is 10.4. The molecular formula is C48H79NO7. The number of likely N-dealkylation sites (N-methyl/N-ethyl adjacent to an activating group) is 1. The van der Waals surface area contributed by atoms with Crippen LogP contribution in [-0.4, -0.2) is 75.5 Å². The maximum atomic E-state index is 12.6. The first-order valence-corrected chi connectivity index (χ1v) is 21.6. The van der Waals surface area contributed by atoms with Crippen LogP contribution in [0.2, 0.25) is 0 Å². The molecule has 0 saturated carbocycles. The lowest BCUT2D eigenvalue weighted by molar-refractivity contribution is -0.889. The number of unbranched alkanes of at least 4 members (excludes halogenated alkanes) is 9. The average Bonchev–Trinajstić information content (AvgIpc) is 3.15. The number of carbonyl (C=O) groups is 3. The Morgan fingerprint density at radius 1 is 0.554 bits per heavy atom. The molecule has 0 aliphatic rings. The molecule has 0 saturated heterocycles. The van der Waals surface area contributed by atoms with E-state index < -0.39 is 18.1 Å². The van der Waals surface area contributed by atoms with Crippen molar-refractivity contribution in [3.8, 4) is 0 Å². The highest BCUT2D eigenvalue weighted by atomic mass is 16.6. The number of hydrogen-bond acceptors (Lipinski definition) is 7. The van der Waals surface area contributed by atoms with Crippen molar-refractivity contribution in [2.45, 2.75) is 161 Å². The van der Waals surface area contributed by atoms with E-state index in [2.05, 4.69) is 98.9 Å². The van der Waals surface area contributed by atoms with Crippen molar-refractivity contribution in [2.75, 3.05) is 41.0 Å². The lowest BCUT2D eigenvalue weighted by Crippen LogP contribution is -2.55. The van der Waals surface area contributed by atoms with Gasteiger partial charge in [-0.25, -0.2) is 0 Å². The van der Waals surface area contributed by atoms with E-state index in [0.29, 0.717) is 12.8 Å². The average molecular weight is 782 g/mol. The Morgan fingerprint density at radius 2 is 1.00 bits per heavy atom. The minimum Gasteiger partial charge on any atom is -0.544 e. The van der Waals surface area contributed by atoms with Crippen LogP contribution in [0, 0.1) is 0 Å². The van der Waals surface area contributed by atoms with Gasteiger partial charge < -0.3 is 28.6 Å². The highest BCUT2D eigenvalue weighted by Crippen LogP contribution is 2.12. The Morgan fingerprint density at radius 3 is 1.46 bits per heavy atom. The number of carboxylic acid groups (broad SMARTS) is 1. The third kappa shape index (κ3) is 36.2. The van der Waals surface area contributed by atoms with Gasteiger partial charge in [0, 0.05) is 19.3 Å². The first kappa shape index (κ1) is 52.5. The number of rotatable bonds is 37. The van der Waals surface area contributed by atoms with E-state index in [-0.39, 0.29) is 49.1 Å². The van der Waals surface area contributed by atoms with Gasteiger partial charge in [0.25, 0.3) is 0 Å². The van der Waals surface area contributed by atoms with Gasteiger partial charge in [-0.1, -0.05) is 150 Å². The Labute approximate surface area is 342 Å². The van der Waals surface area contributed by atoms with Gasteiger partial charge in [-0.05, 0) is 64.2 Å². The van der Waals surface area contributed by atoms with Crippen molar-refractivity contribution in [1.82, 2.24) is 0 Å². The van der Waals surface area contributed by atoms with Gasteiger partial charge in [0.2, 0.25) is 0 Å². The summed E-state index contributed by atoms with van der Waals surface area (Å²) in [6, 6.07) is -0.736. The number of nitrogens with zero attached hydrogens (tertiary/aromatic N) is 1. The Bertz CT molecular complexity index is 1190. The first-order chi connectivity index (χ1) is 27.1. The summed E-state index contributed by atoms with van der Waals surface area (Å²) < 4.78 is 17.0. The number of esters is 2. The van der Waals surface area contributed by atoms with Gasteiger partial charge in [0.1, 0.15) is 12.6 Å². The molecule has 0 aromatic carbocycles.